The molecule has 0 unspecified atom stereocenters. The second kappa shape index (κ2) is 12.1. The van der Waals surface area contributed by atoms with E-state index in [1.165, 1.54) is 22.8 Å². The quantitative estimate of drug-likeness (QED) is 0.393. The van der Waals surface area contributed by atoms with E-state index in [0.717, 1.165) is 51.8 Å². The zero-order valence-corrected chi connectivity index (χ0v) is 17.3. The van der Waals surface area contributed by atoms with Crippen molar-refractivity contribution in [2.45, 2.75) is 26.8 Å². The molecule has 0 bridgehead atoms. The van der Waals surface area contributed by atoms with Gasteiger partial charge in [-0.15, -0.1) is 0 Å². The lowest BCUT2D eigenvalue weighted by atomic mass is 10.2. The number of rotatable bonds is 9. The molecule has 0 saturated carbocycles. The minimum Gasteiger partial charge on any atom is -0.381 e. The van der Waals surface area contributed by atoms with E-state index >= 15 is 0 Å². The van der Waals surface area contributed by atoms with Crippen molar-refractivity contribution in [1.82, 2.24) is 10.6 Å². The number of benzene rings is 1. The third kappa shape index (κ3) is 7.87. The topological polar surface area (TPSA) is 48.9 Å². The standard InChI is InChI=1S/C20H34N4OS/c1-17(2)16-25-12-4-9-22-20(21-3)23-15-18-5-7-19(8-6-18)24-10-13-26-14-11-24/h5-8,17H,4,9-16H2,1-3H3,(H2,21,22,23). The molecule has 0 aliphatic carbocycles. The van der Waals surface area contributed by atoms with E-state index in [-0.39, 0.29) is 0 Å². The summed E-state index contributed by atoms with van der Waals surface area (Å²) in [7, 11) is 1.81. The zero-order chi connectivity index (χ0) is 18.6. The first-order valence-electron chi connectivity index (χ1n) is 9.63. The van der Waals surface area contributed by atoms with Crippen molar-refractivity contribution in [2.75, 3.05) is 56.3 Å². The second-order valence-electron chi connectivity index (χ2n) is 6.94. The van der Waals surface area contributed by atoms with Gasteiger partial charge in [0, 0.05) is 63.6 Å². The summed E-state index contributed by atoms with van der Waals surface area (Å²) in [5.74, 6) is 3.89. The summed E-state index contributed by atoms with van der Waals surface area (Å²) in [5.41, 5.74) is 2.60. The third-order valence-electron chi connectivity index (χ3n) is 4.21. The van der Waals surface area contributed by atoms with Crippen LogP contribution >= 0.6 is 11.8 Å². The van der Waals surface area contributed by atoms with E-state index < -0.39 is 0 Å². The molecule has 1 aliphatic heterocycles. The predicted molar refractivity (Wildman–Crippen MR) is 114 cm³/mol. The summed E-state index contributed by atoms with van der Waals surface area (Å²) in [5, 5.41) is 6.71. The fraction of sp³-hybridized carbons (Fsp3) is 0.650. The van der Waals surface area contributed by atoms with Gasteiger partial charge < -0.3 is 20.3 Å². The Morgan fingerprint density at radius 2 is 1.92 bits per heavy atom. The van der Waals surface area contributed by atoms with Crippen LogP contribution in [0.5, 0.6) is 0 Å². The van der Waals surface area contributed by atoms with Gasteiger partial charge in [0.25, 0.3) is 0 Å². The van der Waals surface area contributed by atoms with Gasteiger partial charge in [-0.2, -0.15) is 11.8 Å². The molecule has 2 rings (SSSR count). The Morgan fingerprint density at radius 3 is 2.58 bits per heavy atom. The van der Waals surface area contributed by atoms with Crippen LogP contribution in [0, 0.1) is 5.92 Å². The summed E-state index contributed by atoms with van der Waals surface area (Å²) in [6.07, 6.45) is 0.982. The number of aliphatic imine (C=N–C) groups is 1. The Bertz CT molecular complexity index is 527. The highest BCUT2D eigenvalue weighted by Gasteiger charge is 2.10. The molecule has 26 heavy (non-hydrogen) atoms. The SMILES string of the molecule is CN=C(NCCCOCC(C)C)NCc1ccc(N2CCSCC2)cc1. The van der Waals surface area contributed by atoms with Crippen LogP contribution in [0.2, 0.25) is 0 Å². The Hall–Kier alpha value is -1.40. The monoisotopic (exact) mass is 378 g/mol. The highest BCUT2D eigenvalue weighted by Crippen LogP contribution is 2.19. The van der Waals surface area contributed by atoms with Crippen LogP contribution in [-0.4, -0.2) is 57.4 Å². The lowest BCUT2D eigenvalue weighted by Gasteiger charge is -2.28. The number of nitrogens with zero attached hydrogens (tertiary/aromatic N) is 2. The maximum absolute atomic E-state index is 5.60. The number of anilines is 1. The van der Waals surface area contributed by atoms with Crippen LogP contribution in [0.3, 0.4) is 0 Å². The minimum atomic E-state index is 0.595. The summed E-state index contributed by atoms with van der Waals surface area (Å²) in [6, 6.07) is 8.87. The van der Waals surface area contributed by atoms with Crippen LogP contribution in [0.15, 0.2) is 29.3 Å². The van der Waals surface area contributed by atoms with E-state index in [0.29, 0.717) is 5.92 Å². The molecule has 0 aromatic heterocycles. The lowest BCUT2D eigenvalue weighted by Crippen LogP contribution is -2.37. The average molecular weight is 379 g/mol. The van der Waals surface area contributed by atoms with Crippen LogP contribution in [0.4, 0.5) is 5.69 Å². The van der Waals surface area contributed by atoms with Gasteiger partial charge in [0.1, 0.15) is 0 Å². The van der Waals surface area contributed by atoms with E-state index in [1.54, 1.807) is 0 Å². The Kier molecular flexibility index (Phi) is 9.71. The van der Waals surface area contributed by atoms with Crippen molar-refractivity contribution in [2.24, 2.45) is 10.9 Å². The summed E-state index contributed by atoms with van der Waals surface area (Å²) in [6.45, 7) is 9.91. The number of hydrogen-bond acceptors (Lipinski definition) is 4. The van der Waals surface area contributed by atoms with Crippen molar-refractivity contribution >= 4 is 23.4 Å². The van der Waals surface area contributed by atoms with E-state index in [9.17, 15) is 0 Å². The molecule has 5 nitrogen and oxygen atoms in total. The van der Waals surface area contributed by atoms with Crippen molar-refractivity contribution in [3.8, 4) is 0 Å². The normalized spacial score (nSPS) is 15.4. The Morgan fingerprint density at radius 1 is 1.19 bits per heavy atom. The summed E-state index contributed by atoms with van der Waals surface area (Å²) in [4.78, 5) is 6.75. The van der Waals surface area contributed by atoms with Crippen LogP contribution in [0.1, 0.15) is 25.8 Å². The fourth-order valence-electron chi connectivity index (χ4n) is 2.75. The largest absolute Gasteiger partial charge is 0.381 e. The predicted octanol–water partition coefficient (Wildman–Crippen LogP) is 2.97. The van der Waals surface area contributed by atoms with Gasteiger partial charge in [0.05, 0.1) is 0 Å². The van der Waals surface area contributed by atoms with Crippen molar-refractivity contribution in [1.29, 1.82) is 0 Å². The molecule has 146 valence electrons. The molecule has 1 saturated heterocycles. The third-order valence-corrected chi connectivity index (χ3v) is 5.15. The molecule has 0 atom stereocenters. The Labute approximate surface area is 163 Å². The fourth-order valence-corrected chi connectivity index (χ4v) is 3.66. The van der Waals surface area contributed by atoms with Crippen molar-refractivity contribution in [3.63, 3.8) is 0 Å². The maximum Gasteiger partial charge on any atom is 0.191 e. The molecule has 1 fully saturated rings. The van der Waals surface area contributed by atoms with Gasteiger partial charge in [0.2, 0.25) is 0 Å². The number of nitrogens with one attached hydrogen (secondary N) is 2. The molecule has 0 amide bonds. The van der Waals surface area contributed by atoms with Gasteiger partial charge >= 0.3 is 0 Å². The first kappa shape index (κ1) is 20.9. The molecule has 6 heteroatoms. The highest BCUT2D eigenvalue weighted by atomic mass is 32.2. The van der Waals surface area contributed by atoms with Gasteiger partial charge in [-0.3, -0.25) is 4.99 Å². The van der Waals surface area contributed by atoms with E-state index in [2.05, 4.69) is 58.6 Å². The average Bonchev–Trinajstić information content (AvgIpc) is 2.67. The van der Waals surface area contributed by atoms with Gasteiger partial charge in [-0.25, -0.2) is 0 Å². The lowest BCUT2D eigenvalue weighted by molar-refractivity contribution is 0.108. The molecular formula is C20H34N4OS. The van der Waals surface area contributed by atoms with E-state index in [1.807, 2.05) is 18.8 Å². The molecule has 1 aromatic carbocycles. The van der Waals surface area contributed by atoms with Gasteiger partial charge in [-0.1, -0.05) is 26.0 Å². The van der Waals surface area contributed by atoms with Gasteiger partial charge in [-0.05, 0) is 30.0 Å². The first-order chi connectivity index (χ1) is 12.7. The van der Waals surface area contributed by atoms with Crippen LogP contribution in [-0.2, 0) is 11.3 Å². The molecular weight excluding hydrogens is 344 g/mol. The summed E-state index contributed by atoms with van der Waals surface area (Å²) < 4.78 is 5.60. The minimum absolute atomic E-state index is 0.595. The molecule has 1 aliphatic rings. The number of guanidine groups is 1. The zero-order valence-electron chi connectivity index (χ0n) is 16.5. The number of thioether (sulfide) groups is 1. The second-order valence-corrected chi connectivity index (χ2v) is 8.17. The maximum atomic E-state index is 5.60. The Balaban J connectivity index is 1.66. The number of ether oxygens (including phenoxy) is 1. The van der Waals surface area contributed by atoms with Crippen LogP contribution in [0.25, 0.3) is 0 Å². The van der Waals surface area contributed by atoms with Crippen LogP contribution < -0.4 is 15.5 Å². The van der Waals surface area contributed by atoms with Gasteiger partial charge in [0.15, 0.2) is 5.96 Å². The molecule has 0 radical (unpaired) electrons. The van der Waals surface area contributed by atoms with E-state index in [4.69, 9.17) is 4.74 Å². The molecule has 1 aromatic rings. The molecule has 2 N–H and O–H groups in total. The van der Waals surface area contributed by atoms with Crippen molar-refractivity contribution < 1.29 is 4.74 Å². The highest BCUT2D eigenvalue weighted by molar-refractivity contribution is 7.99. The van der Waals surface area contributed by atoms with Crippen molar-refractivity contribution in [3.05, 3.63) is 29.8 Å². The smallest absolute Gasteiger partial charge is 0.191 e. The summed E-state index contributed by atoms with van der Waals surface area (Å²) >= 11 is 2.04. The number of hydrogen-bond donors (Lipinski definition) is 2. The molecule has 1 heterocycles. The molecule has 0 spiro atoms. The first-order valence-corrected chi connectivity index (χ1v) is 10.8.